The predicted molar refractivity (Wildman–Crippen MR) is 66.0 cm³/mol. The number of aromatic nitrogens is 1. The smallest absolute Gasteiger partial charge is 0.273 e. The molecule has 0 spiro atoms. The first-order valence-corrected chi connectivity index (χ1v) is 6.01. The van der Waals surface area contributed by atoms with Crippen molar-refractivity contribution in [3.63, 3.8) is 0 Å². The first-order valence-electron chi connectivity index (χ1n) is 4.89. The lowest BCUT2D eigenvalue weighted by molar-refractivity contribution is -0.385. The zero-order chi connectivity index (χ0) is 12.4. The molecular weight excluding hydrogens is 288 g/mol. The molecule has 0 radical (unpaired) electrons. The van der Waals surface area contributed by atoms with Crippen LogP contribution in [-0.2, 0) is 5.33 Å². The van der Waals surface area contributed by atoms with Crippen LogP contribution in [0.3, 0.4) is 0 Å². The van der Waals surface area contributed by atoms with Crippen molar-refractivity contribution in [2.75, 3.05) is 0 Å². The summed E-state index contributed by atoms with van der Waals surface area (Å²) in [5, 5.41) is 15.2. The van der Waals surface area contributed by atoms with Gasteiger partial charge in [-0.1, -0.05) is 33.2 Å². The predicted octanol–water partition coefficient (Wildman–Crippen LogP) is 3.45. The van der Waals surface area contributed by atoms with E-state index in [1.165, 1.54) is 6.07 Å². The van der Waals surface area contributed by atoms with Gasteiger partial charge < -0.3 is 4.52 Å². The van der Waals surface area contributed by atoms with E-state index in [9.17, 15) is 10.1 Å². The average molecular weight is 297 g/mol. The van der Waals surface area contributed by atoms with Gasteiger partial charge in [-0.2, -0.15) is 0 Å². The van der Waals surface area contributed by atoms with Crippen molar-refractivity contribution in [1.29, 1.82) is 0 Å². The van der Waals surface area contributed by atoms with Gasteiger partial charge in [-0.05, 0) is 6.92 Å². The number of halogens is 1. The van der Waals surface area contributed by atoms with Crippen LogP contribution in [0.4, 0.5) is 5.69 Å². The van der Waals surface area contributed by atoms with Crippen LogP contribution in [-0.4, -0.2) is 10.1 Å². The first-order chi connectivity index (χ1) is 8.11. The van der Waals surface area contributed by atoms with E-state index in [1.807, 2.05) is 0 Å². The number of hydrogen-bond donors (Lipinski definition) is 0. The van der Waals surface area contributed by atoms with Crippen molar-refractivity contribution in [3.05, 3.63) is 45.6 Å². The molecule has 0 aliphatic carbocycles. The van der Waals surface area contributed by atoms with Crippen molar-refractivity contribution >= 4 is 21.6 Å². The summed E-state index contributed by atoms with van der Waals surface area (Å²) in [6.45, 7) is 1.70. The molecule has 1 aromatic heterocycles. The summed E-state index contributed by atoms with van der Waals surface area (Å²) in [5.74, 6) is 0.530. The molecule has 0 bridgehead atoms. The van der Waals surface area contributed by atoms with E-state index in [4.69, 9.17) is 4.52 Å². The van der Waals surface area contributed by atoms with Crippen LogP contribution in [0.15, 0.2) is 28.8 Å². The summed E-state index contributed by atoms with van der Waals surface area (Å²) in [5.41, 5.74) is 2.11. The minimum atomic E-state index is -0.402. The van der Waals surface area contributed by atoms with Gasteiger partial charge in [0.25, 0.3) is 5.69 Å². The van der Waals surface area contributed by atoms with Gasteiger partial charge in [0.2, 0.25) is 0 Å². The van der Waals surface area contributed by atoms with Gasteiger partial charge in [-0.3, -0.25) is 10.1 Å². The van der Waals surface area contributed by atoms with Crippen LogP contribution in [0, 0.1) is 17.0 Å². The summed E-state index contributed by atoms with van der Waals surface area (Å²) in [7, 11) is 0. The molecule has 0 atom stereocenters. The molecule has 0 N–H and O–H groups in total. The van der Waals surface area contributed by atoms with Crippen LogP contribution in [0.1, 0.15) is 11.3 Å². The van der Waals surface area contributed by atoms with E-state index in [2.05, 4.69) is 21.1 Å². The Morgan fingerprint density at radius 2 is 2.24 bits per heavy atom. The maximum absolute atomic E-state index is 10.8. The highest BCUT2D eigenvalue weighted by Crippen LogP contribution is 2.27. The molecule has 5 nitrogen and oxygen atoms in total. The Labute approximate surface area is 106 Å². The molecule has 17 heavy (non-hydrogen) atoms. The fraction of sp³-hybridized carbons (Fsp3) is 0.182. The van der Waals surface area contributed by atoms with Gasteiger partial charge in [-0.15, -0.1) is 0 Å². The number of benzene rings is 1. The molecule has 0 fully saturated rings. The van der Waals surface area contributed by atoms with Crippen molar-refractivity contribution in [1.82, 2.24) is 5.16 Å². The van der Waals surface area contributed by atoms with Crippen LogP contribution in [0.25, 0.3) is 11.3 Å². The van der Waals surface area contributed by atoms with Crippen molar-refractivity contribution in [2.45, 2.75) is 12.3 Å². The maximum atomic E-state index is 10.8. The zero-order valence-electron chi connectivity index (χ0n) is 9.01. The quantitative estimate of drug-likeness (QED) is 0.494. The minimum absolute atomic E-state index is 0.0827. The number of nitro groups is 1. The number of nitrogens with zero attached hydrogens (tertiary/aromatic N) is 2. The Morgan fingerprint density at radius 3 is 2.82 bits per heavy atom. The maximum Gasteiger partial charge on any atom is 0.273 e. The molecule has 2 aromatic rings. The fourth-order valence-corrected chi connectivity index (χ4v) is 1.73. The lowest BCUT2D eigenvalue weighted by Gasteiger charge is -1.99. The number of hydrogen-bond acceptors (Lipinski definition) is 4. The van der Waals surface area contributed by atoms with Crippen LogP contribution >= 0.6 is 15.9 Å². The Hall–Kier alpha value is -1.69. The summed E-state index contributed by atoms with van der Waals surface area (Å²) >= 11 is 3.26. The standard InChI is InChI=1S/C11H9BrN2O3/c1-7-2-3-8(4-10(7)14(15)16)11-5-9(6-12)13-17-11/h2-5H,6H2,1H3. The Balaban J connectivity index is 2.46. The third-order valence-electron chi connectivity index (χ3n) is 2.39. The molecule has 2 rings (SSSR count). The van der Waals surface area contributed by atoms with Crippen molar-refractivity contribution in [2.24, 2.45) is 0 Å². The van der Waals surface area contributed by atoms with Gasteiger partial charge in [0.15, 0.2) is 5.76 Å². The highest BCUT2D eigenvalue weighted by Gasteiger charge is 2.14. The Bertz CT molecular complexity index is 566. The monoisotopic (exact) mass is 296 g/mol. The van der Waals surface area contributed by atoms with E-state index in [0.717, 1.165) is 5.69 Å². The second-order valence-corrected chi connectivity index (χ2v) is 4.14. The molecule has 0 unspecified atom stereocenters. The van der Waals surface area contributed by atoms with Gasteiger partial charge in [0, 0.05) is 28.6 Å². The van der Waals surface area contributed by atoms with Crippen LogP contribution in [0.2, 0.25) is 0 Å². The highest BCUT2D eigenvalue weighted by molar-refractivity contribution is 9.08. The average Bonchev–Trinajstić information content (AvgIpc) is 2.78. The second-order valence-electron chi connectivity index (χ2n) is 3.57. The molecule has 88 valence electrons. The summed E-state index contributed by atoms with van der Waals surface area (Å²) < 4.78 is 5.11. The molecule has 6 heteroatoms. The van der Waals surface area contributed by atoms with E-state index in [0.29, 0.717) is 22.2 Å². The second kappa shape index (κ2) is 4.67. The van der Waals surface area contributed by atoms with Crippen molar-refractivity contribution < 1.29 is 9.45 Å². The highest BCUT2D eigenvalue weighted by atomic mass is 79.9. The number of nitro benzene ring substituents is 1. The number of aryl methyl sites for hydroxylation is 1. The zero-order valence-corrected chi connectivity index (χ0v) is 10.6. The molecule has 0 aliphatic rings. The Kier molecular flexibility index (Phi) is 3.23. The Morgan fingerprint density at radius 1 is 1.47 bits per heavy atom. The molecule has 0 saturated heterocycles. The number of rotatable bonds is 3. The topological polar surface area (TPSA) is 69.2 Å². The normalized spacial score (nSPS) is 10.5. The summed E-state index contributed by atoms with van der Waals surface area (Å²) in [6.07, 6.45) is 0. The molecule has 1 aromatic carbocycles. The molecule has 1 heterocycles. The van der Waals surface area contributed by atoms with E-state index in [1.54, 1.807) is 25.1 Å². The molecule has 0 amide bonds. The van der Waals surface area contributed by atoms with Gasteiger partial charge in [-0.25, -0.2) is 0 Å². The minimum Gasteiger partial charge on any atom is -0.356 e. The largest absolute Gasteiger partial charge is 0.356 e. The fourth-order valence-electron chi connectivity index (χ4n) is 1.47. The summed E-state index contributed by atoms with van der Waals surface area (Å²) in [6, 6.07) is 6.72. The van der Waals surface area contributed by atoms with Crippen molar-refractivity contribution in [3.8, 4) is 11.3 Å². The van der Waals surface area contributed by atoms with Gasteiger partial charge in [0.05, 0.1) is 10.6 Å². The van der Waals surface area contributed by atoms with Gasteiger partial charge in [0.1, 0.15) is 0 Å². The SMILES string of the molecule is Cc1ccc(-c2cc(CBr)no2)cc1[N+](=O)[O-]. The van der Waals surface area contributed by atoms with Crippen LogP contribution in [0.5, 0.6) is 0 Å². The van der Waals surface area contributed by atoms with E-state index in [-0.39, 0.29) is 5.69 Å². The molecule has 0 saturated carbocycles. The lowest BCUT2D eigenvalue weighted by atomic mass is 10.1. The van der Waals surface area contributed by atoms with E-state index >= 15 is 0 Å². The summed E-state index contributed by atoms with van der Waals surface area (Å²) in [4.78, 5) is 10.4. The third-order valence-corrected chi connectivity index (χ3v) is 2.96. The molecular formula is C11H9BrN2O3. The van der Waals surface area contributed by atoms with Crippen LogP contribution < -0.4 is 0 Å². The molecule has 0 aliphatic heterocycles. The lowest BCUT2D eigenvalue weighted by Crippen LogP contribution is -1.91. The van der Waals surface area contributed by atoms with E-state index < -0.39 is 4.92 Å². The third kappa shape index (κ3) is 2.36. The van der Waals surface area contributed by atoms with Gasteiger partial charge >= 0.3 is 0 Å². The number of alkyl halides is 1. The first kappa shape index (κ1) is 11.8.